The van der Waals surface area contributed by atoms with E-state index in [0.717, 1.165) is 0 Å². The van der Waals surface area contributed by atoms with E-state index in [1.807, 2.05) is 0 Å². The maximum Gasteiger partial charge on any atom is 0.271 e. The largest absolute Gasteiger partial charge is 0.296 e. The van der Waals surface area contributed by atoms with Gasteiger partial charge in [0.05, 0.1) is 0 Å². The molecule has 1 aromatic heterocycles. The summed E-state index contributed by atoms with van der Waals surface area (Å²) in [5.41, 5.74) is -0.853. The lowest BCUT2D eigenvalue weighted by molar-refractivity contribution is 1.10. The van der Waals surface area contributed by atoms with Gasteiger partial charge in [0.2, 0.25) is 5.28 Å². The summed E-state index contributed by atoms with van der Waals surface area (Å²) in [7, 11) is 0. The van der Waals surface area contributed by atoms with Crippen molar-refractivity contribution in [2.24, 2.45) is 0 Å². The van der Waals surface area contributed by atoms with Crippen molar-refractivity contribution in [2.45, 2.75) is 0 Å². The van der Waals surface area contributed by atoms with Crippen LogP contribution in [0.15, 0.2) is 4.79 Å². The molecule has 0 atom stereocenters. The van der Waals surface area contributed by atoms with Gasteiger partial charge in [-0.05, 0) is 11.6 Å². The monoisotopic (exact) mass is 189 g/mol. The molecule has 0 unspecified atom stereocenters. The summed E-state index contributed by atoms with van der Waals surface area (Å²) >= 11 is 10.7. The highest BCUT2D eigenvalue weighted by molar-refractivity contribution is 6.32. The maximum absolute atomic E-state index is 10.8. The van der Waals surface area contributed by atoms with Crippen molar-refractivity contribution in [3.63, 3.8) is 0 Å². The SMILES string of the molecule is N#Cc1c(Cl)nc(Cl)[nH]c1=O. The molecule has 4 nitrogen and oxygen atoms in total. The van der Waals surface area contributed by atoms with Crippen molar-refractivity contribution >= 4 is 23.2 Å². The third kappa shape index (κ3) is 1.50. The van der Waals surface area contributed by atoms with Crippen molar-refractivity contribution in [3.8, 4) is 6.07 Å². The van der Waals surface area contributed by atoms with E-state index in [-0.39, 0.29) is 16.0 Å². The van der Waals surface area contributed by atoms with Crippen molar-refractivity contribution in [1.82, 2.24) is 9.97 Å². The van der Waals surface area contributed by atoms with Crippen molar-refractivity contribution in [1.29, 1.82) is 5.26 Å². The standard InChI is InChI=1S/C5HCl2N3O/c6-3-2(1-8)4(11)10-5(7)9-3/h(H,9,10,11). The van der Waals surface area contributed by atoms with E-state index < -0.39 is 5.56 Å². The predicted octanol–water partition coefficient (Wildman–Crippen LogP) is 0.948. The molecule has 56 valence electrons. The van der Waals surface area contributed by atoms with Gasteiger partial charge in [-0.25, -0.2) is 4.98 Å². The maximum atomic E-state index is 10.8. The number of halogens is 2. The number of rotatable bonds is 0. The van der Waals surface area contributed by atoms with E-state index in [4.69, 9.17) is 28.5 Å². The van der Waals surface area contributed by atoms with Crippen molar-refractivity contribution in [2.75, 3.05) is 0 Å². The Hall–Kier alpha value is -1.05. The van der Waals surface area contributed by atoms with Crippen LogP contribution in [0.25, 0.3) is 0 Å². The molecule has 11 heavy (non-hydrogen) atoms. The second-order valence-electron chi connectivity index (χ2n) is 1.63. The van der Waals surface area contributed by atoms with Crippen LogP contribution in [0.3, 0.4) is 0 Å². The lowest BCUT2D eigenvalue weighted by atomic mass is 10.4. The zero-order valence-electron chi connectivity index (χ0n) is 5.06. The van der Waals surface area contributed by atoms with Gasteiger partial charge in [-0.15, -0.1) is 0 Å². The van der Waals surface area contributed by atoms with Crippen LogP contribution in [-0.2, 0) is 0 Å². The van der Waals surface area contributed by atoms with Gasteiger partial charge in [0.25, 0.3) is 5.56 Å². The number of aromatic nitrogens is 2. The summed E-state index contributed by atoms with van der Waals surface area (Å²) in [5, 5.41) is 8.05. The highest BCUT2D eigenvalue weighted by Gasteiger charge is 2.06. The van der Waals surface area contributed by atoms with Gasteiger partial charge in [0, 0.05) is 0 Å². The van der Waals surface area contributed by atoms with Gasteiger partial charge < -0.3 is 0 Å². The smallest absolute Gasteiger partial charge is 0.271 e. The first-order valence-electron chi connectivity index (χ1n) is 2.50. The number of aromatic amines is 1. The van der Waals surface area contributed by atoms with Crippen LogP contribution in [0.1, 0.15) is 5.56 Å². The lowest BCUT2D eigenvalue weighted by Crippen LogP contribution is -2.11. The minimum Gasteiger partial charge on any atom is -0.296 e. The summed E-state index contributed by atoms with van der Waals surface area (Å²) in [6.45, 7) is 0. The van der Waals surface area contributed by atoms with E-state index in [0.29, 0.717) is 0 Å². The van der Waals surface area contributed by atoms with Crippen molar-refractivity contribution < 1.29 is 0 Å². The Balaban J connectivity index is 3.53. The highest BCUT2D eigenvalue weighted by atomic mass is 35.5. The summed E-state index contributed by atoms with van der Waals surface area (Å²) in [4.78, 5) is 16.4. The number of nitrogens with zero attached hydrogens (tertiary/aromatic N) is 2. The lowest BCUT2D eigenvalue weighted by Gasteiger charge is -1.91. The van der Waals surface area contributed by atoms with Crippen LogP contribution >= 0.6 is 23.2 Å². The molecule has 6 heteroatoms. The second kappa shape index (κ2) is 2.91. The molecular formula is C5HCl2N3O. The molecule has 1 rings (SSSR count). The van der Waals surface area contributed by atoms with Gasteiger partial charge in [-0.2, -0.15) is 5.26 Å². The molecule has 0 aliphatic rings. The molecule has 0 spiro atoms. The molecule has 1 N–H and O–H groups in total. The first-order chi connectivity index (χ1) is 5.15. The highest BCUT2D eigenvalue weighted by Crippen LogP contribution is 2.08. The number of hydrogen-bond acceptors (Lipinski definition) is 3. The summed E-state index contributed by atoms with van der Waals surface area (Å²) in [6.07, 6.45) is 0. The Kier molecular flexibility index (Phi) is 2.13. The topological polar surface area (TPSA) is 69.5 Å². The van der Waals surface area contributed by atoms with Gasteiger partial charge in [-0.3, -0.25) is 9.78 Å². The van der Waals surface area contributed by atoms with Crippen molar-refractivity contribution in [3.05, 3.63) is 26.4 Å². The third-order valence-electron chi connectivity index (χ3n) is 0.958. The molecule has 0 aliphatic carbocycles. The van der Waals surface area contributed by atoms with Gasteiger partial charge in [-0.1, -0.05) is 11.6 Å². The Morgan fingerprint density at radius 3 is 2.64 bits per heavy atom. The van der Waals surface area contributed by atoms with Gasteiger partial charge in [0.15, 0.2) is 10.7 Å². The number of nitrogens with one attached hydrogen (secondary N) is 1. The number of hydrogen-bond donors (Lipinski definition) is 1. The third-order valence-corrected chi connectivity index (χ3v) is 1.41. The zero-order chi connectivity index (χ0) is 8.43. The summed E-state index contributed by atoms with van der Waals surface area (Å²) in [6, 6.07) is 1.59. The molecule has 0 saturated heterocycles. The molecule has 0 radical (unpaired) electrons. The minimum atomic E-state index is -0.627. The zero-order valence-corrected chi connectivity index (χ0v) is 6.57. The van der Waals surface area contributed by atoms with E-state index >= 15 is 0 Å². The quantitative estimate of drug-likeness (QED) is 0.489. The fraction of sp³-hybridized carbons (Fsp3) is 0. The molecule has 0 aromatic carbocycles. The summed E-state index contributed by atoms with van der Waals surface area (Å²) in [5.74, 6) is 0. The fourth-order valence-corrected chi connectivity index (χ4v) is 0.943. The molecule has 0 amide bonds. The number of H-pyrrole nitrogens is 1. The Morgan fingerprint density at radius 1 is 1.55 bits per heavy atom. The van der Waals surface area contributed by atoms with Crippen LogP contribution < -0.4 is 5.56 Å². The van der Waals surface area contributed by atoms with Crippen LogP contribution in [0.5, 0.6) is 0 Å². The normalized spacial score (nSPS) is 9.18. The van der Waals surface area contributed by atoms with E-state index in [1.54, 1.807) is 6.07 Å². The Labute approximate surface area is 71.4 Å². The average molecular weight is 190 g/mol. The van der Waals surface area contributed by atoms with Crippen LogP contribution in [0, 0.1) is 11.3 Å². The van der Waals surface area contributed by atoms with Gasteiger partial charge >= 0.3 is 0 Å². The van der Waals surface area contributed by atoms with Crippen LogP contribution in [0.2, 0.25) is 10.4 Å². The van der Waals surface area contributed by atoms with Crippen LogP contribution in [-0.4, -0.2) is 9.97 Å². The average Bonchev–Trinajstić information content (AvgIpc) is 1.85. The summed E-state index contributed by atoms with van der Waals surface area (Å²) < 4.78 is 0. The second-order valence-corrected chi connectivity index (χ2v) is 2.35. The molecule has 1 heterocycles. The first kappa shape index (κ1) is 8.05. The predicted molar refractivity (Wildman–Crippen MR) is 39.6 cm³/mol. The Bertz CT molecular complexity index is 378. The molecule has 1 aromatic rings. The molecule has 0 fully saturated rings. The molecule has 0 saturated carbocycles. The van der Waals surface area contributed by atoms with E-state index in [1.165, 1.54) is 0 Å². The Morgan fingerprint density at radius 2 is 2.18 bits per heavy atom. The van der Waals surface area contributed by atoms with E-state index in [9.17, 15) is 4.79 Å². The van der Waals surface area contributed by atoms with E-state index in [2.05, 4.69) is 9.97 Å². The van der Waals surface area contributed by atoms with Gasteiger partial charge in [0.1, 0.15) is 6.07 Å². The molecular weight excluding hydrogens is 189 g/mol. The number of nitriles is 1. The molecule has 0 bridgehead atoms. The fourth-order valence-electron chi connectivity index (χ4n) is 0.517. The first-order valence-corrected chi connectivity index (χ1v) is 3.26. The van der Waals surface area contributed by atoms with Crippen LogP contribution in [0.4, 0.5) is 0 Å². The molecule has 0 aliphatic heterocycles. The minimum absolute atomic E-state index is 0.126.